The first kappa shape index (κ1) is 13.3. The van der Waals surface area contributed by atoms with E-state index in [0.29, 0.717) is 29.6 Å². The van der Waals surface area contributed by atoms with Crippen LogP contribution < -0.4 is 5.32 Å². The average Bonchev–Trinajstić information content (AvgIpc) is 2.30. The molecule has 100 valence electrons. The summed E-state index contributed by atoms with van der Waals surface area (Å²) >= 11 is 0. The Hall–Kier alpha value is -0.120. The molecule has 1 heterocycles. The molecule has 1 saturated carbocycles. The maximum atomic E-state index is 5.57. The van der Waals surface area contributed by atoms with E-state index in [-0.39, 0.29) is 0 Å². The molecule has 2 rings (SSSR count). The fourth-order valence-corrected chi connectivity index (χ4v) is 3.49. The highest BCUT2D eigenvalue weighted by atomic mass is 16.5. The van der Waals surface area contributed by atoms with Crippen LogP contribution in [0, 0.1) is 5.41 Å². The number of hydrogen-bond donors (Lipinski definition) is 1. The average molecular weight is 240 g/mol. The zero-order valence-electron chi connectivity index (χ0n) is 12.0. The largest absolute Gasteiger partial charge is 0.381 e. The summed E-state index contributed by atoms with van der Waals surface area (Å²) in [6.45, 7) is 11.6. The highest BCUT2D eigenvalue weighted by Crippen LogP contribution is 2.46. The van der Waals surface area contributed by atoms with Crippen LogP contribution in [-0.4, -0.2) is 49.3 Å². The van der Waals surface area contributed by atoms with Crippen molar-refractivity contribution in [2.45, 2.75) is 64.8 Å². The van der Waals surface area contributed by atoms with Gasteiger partial charge in [-0.05, 0) is 19.8 Å². The van der Waals surface area contributed by atoms with Crippen LogP contribution >= 0.6 is 0 Å². The molecule has 0 aromatic carbocycles. The van der Waals surface area contributed by atoms with E-state index in [2.05, 4.69) is 37.9 Å². The molecule has 4 unspecified atom stereocenters. The summed E-state index contributed by atoms with van der Waals surface area (Å²) in [5.74, 6) is 0. The maximum absolute atomic E-state index is 5.57. The van der Waals surface area contributed by atoms with E-state index in [1.54, 1.807) is 0 Å². The molecule has 17 heavy (non-hydrogen) atoms. The standard InChI is InChI=1S/C14H28N2O/c1-6-11-9-16(10(2)8-15-11)12-7-13(17-5)14(12,3)4/h10-13,15H,6-9H2,1-5H3. The van der Waals surface area contributed by atoms with Crippen molar-refractivity contribution in [2.24, 2.45) is 5.41 Å². The fraction of sp³-hybridized carbons (Fsp3) is 1.00. The summed E-state index contributed by atoms with van der Waals surface area (Å²) in [4.78, 5) is 2.71. The van der Waals surface area contributed by atoms with Crippen molar-refractivity contribution in [1.29, 1.82) is 0 Å². The van der Waals surface area contributed by atoms with E-state index < -0.39 is 0 Å². The first-order chi connectivity index (χ1) is 8.00. The van der Waals surface area contributed by atoms with Crippen molar-refractivity contribution in [2.75, 3.05) is 20.2 Å². The van der Waals surface area contributed by atoms with E-state index >= 15 is 0 Å². The zero-order valence-corrected chi connectivity index (χ0v) is 12.0. The molecule has 3 nitrogen and oxygen atoms in total. The first-order valence-corrected chi connectivity index (χ1v) is 7.02. The number of piperazine rings is 1. The summed E-state index contributed by atoms with van der Waals surface area (Å²) in [7, 11) is 1.85. The second-order valence-electron chi connectivity index (χ2n) is 6.36. The van der Waals surface area contributed by atoms with E-state index in [1.165, 1.54) is 19.4 Å². The van der Waals surface area contributed by atoms with Gasteiger partial charge in [0.1, 0.15) is 0 Å². The van der Waals surface area contributed by atoms with Crippen molar-refractivity contribution in [3.8, 4) is 0 Å². The Labute approximate surface area is 106 Å². The van der Waals surface area contributed by atoms with Crippen LogP contribution in [0.1, 0.15) is 40.5 Å². The molecular weight excluding hydrogens is 212 g/mol. The van der Waals surface area contributed by atoms with Gasteiger partial charge in [-0.2, -0.15) is 0 Å². The second-order valence-corrected chi connectivity index (χ2v) is 6.36. The number of methoxy groups -OCH3 is 1. The van der Waals surface area contributed by atoms with Crippen molar-refractivity contribution in [1.82, 2.24) is 10.2 Å². The molecule has 2 fully saturated rings. The highest BCUT2D eigenvalue weighted by Gasteiger charge is 2.52. The van der Waals surface area contributed by atoms with E-state index in [0.717, 1.165) is 6.54 Å². The molecule has 1 aliphatic heterocycles. The van der Waals surface area contributed by atoms with Crippen LogP contribution in [-0.2, 0) is 4.74 Å². The smallest absolute Gasteiger partial charge is 0.0652 e. The van der Waals surface area contributed by atoms with Gasteiger partial charge < -0.3 is 10.1 Å². The number of hydrogen-bond acceptors (Lipinski definition) is 3. The number of rotatable bonds is 3. The van der Waals surface area contributed by atoms with Crippen LogP contribution in [0.5, 0.6) is 0 Å². The minimum atomic E-state index is 0.304. The van der Waals surface area contributed by atoms with E-state index in [9.17, 15) is 0 Å². The molecule has 0 bridgehead atoms. The molecule has 0 spiro atoms. The van der Waals surface area contributed by atoms with Crippen LogP contribution in [0.3, 0.4) is 0 Å². The van der Waals surface area contributed by atoms with Crippen LogP contribution in [0.4, 0.5) is 0 Å². The minimum Gasteiger partial charge on any atom is -0.381 e. The molecule has 3 heteroatoms. The lowest BCUT2D eigenvalue weighted by molar-refractivity contribution is -0.151. The van der Waals surface area contributed by atoms with Gasteiger partial charge in [0.2, 0.25) is 0 Å². The topological polar surface area (TPSA) is 24.5 Å². The van der Waals surface area contributed by atoms with E-state index in [1.807, 2.05) is 7.11 Å². The van der Waals surface area contributed by atoms with Gasteiger partial charge in [0, 0.05) is 43.7 Å². The van der Waals surface area contributed by atoms with Crippen molar-refractivity contribution in [3.63, 3.8) is 0 Å². The SMILES string of the molecule is CCC1CN(C2CC(OC)C2(C)C)C(C)CN1. The molecule has 0 amide bonds. The molecular formula is C14H28N2O. The third kappa shape index (κ3) is 2.25. The molecule has 1 saturated heterocycles. The van der Waals surface area contributed by atoms with Crippen molar-refractivity contribution >= 4 is 0 Å². The Morgan fingerprint density at radius 2 is 2.12 bits per heavy atom. The Kier molecular flexibility index (Phi) is 3.81. The Morgan fingerprint density at radius 3 is 2.65 bits per heavy atom. The van der Waals surface area contributed by atoms with Gasteiger partial charge >= 0.3 is 0 Å². The Balaban J connectivity index is 2.02. The van der Waals surface area contributed by atoms with Gasteiger partial charge in [-0.3, -0.25) is 4.90 Å². The molecule has 0 aromatic rings. The van der Waals surface area contributed by atoms with Crippen molar-refractivity contribution in [3.05, 3.63) is 0 Å². The summed E-state index contributed by atoms with van der Waals surface area (Å²) in [5, 5.41) is 3.63. The second kappa shape index (κ2) is 4.87. The van der Waals surface area contributed by atoms with Crippen LogP contribution in [0.25, 0.3) is 0 Å². The number of nitrogens with zero attached hydrogens (tertiary/aromatic N) is 1. The molecule has 1 aliphatic carbocycles. The predicted molar refractivity (Wildman–Crippen MR) is 71.2 cm³/mol. The highest BCUT2D eigenvalue weighted by molar-refractivity contribution is 5.06. The van der Waals surface area contributed by atoms with Gasteiger partial charge in [0.15, 0.2) is 0 Å². The van der Waals surface area contributed by atoms with Gasteiger partial charge in [0.25, 0.3) is 0 Å². The molecule has 4 atom stereocenters. The lowest BCUT2D eigenvalue weighted by atomic mass is 9.63. The van der Waals surface area contributed by atoms with Gasteiger partial charge in [-0.25, -0.2) is 0 Å². The normalized spacial score (nSPS) is 42.2. The summed E-state index contributed by atoms with van der Waals surface area (Å²) in [6, 6.07) is 2.02. The maximum Gasteiger partial charge on any atom is 0.0652 e. The monoisotopic (exact) mass is 240 g/mol. The summed E-state index contributed by atoms with van der Waals surface area (Å²) in [5.41, 5.74) is 0.304. The minimum absolute atomic E-state index is 0.304. The van der Waals surface area contributed by atoms with Crippen molar-refractivity contribution < 1.29 is 4.74 Å². The summed E-state index contributed by atoms with van der Waals surface area (Å²) < 4.78 is 5.57. The first-order valence-electron chi connectivity index (χ1n) is 7.02. The Bertz CT molecular complexity index is 267. The molecule has 0 radical (unpaired) electrons. The Morgan fingerprint density at radius 1 is 1.41 bits per heavy atom. The van der Waals surface area contributed by atoms with Crippen LogP contribution in [0.15, 0.2) is 0 Å². The number of ether oxygens (including phenoxy) is 1. The molecule has 2 aliphatic rings. The van der Waals surface area contributed by atoms with Crippen LogP contribution in [0.2, 0.25) is 0 Å². The molecule has 0 aromatic heterocycles. The van der Waals surface area contributed by atoms with Gasteiger partial charge in [-0.1, -0.05) is 20.8 Å². The lowest BCUT2D eigenvalue weighted by Gasteiger charge is -2.58. The fourth-order valence-electron chi connectivity index (χ4n) is 3.49. The zero-order chi connectivity index (χ0) is 12.6. The third-order valence-corrected chi connectivity index (χ3v) is 5.00. The number of nitrogens with one attached hydrogen (secondary N) is 1. The third-order valence-electron chi connectivity index (χ3n) is 5.00. The summed E-state index contributed by atoms with van der Waals surface area (Å²) in [6.07, 6.45) is 2.86. The predicted octanol–water partition coefficient (Wildman–Crippen LogP) is 1.87. The van der Waals surface area contributed by atoms with E-state index in [4.69, 9.17) is 4.74 Å². The lowest BCUT2D eigenvalue weighted by Crippen LogP contribution is -2.68. The molecule has 1 N–H and O–H groups in total. The van der Waals surface area contributed by atoms with Gasteiger partial charge in [-0.15, -0.1) is 0 Å². The van der Waals surface area contributed by atoms with Gasteiger partial charge in [0.05, 0.1) is 6.10 Å². The quantitative estimate of drug-likeness (QED) is 0.815.